The van der Waals surface area contributed by atoms with E-state index >= 15 is 0 Å². The Morgan fingerprint density at radius 2 is 1.49 bits per heavy atom. The molecule has 1 amide bonds. The fraction of sp³-hybridized carbons (Fsp3) is 0.310. The van der Waals surface area contributed by atoms with E-state index in [1.165, 1.54) is 19.1 Å². The van der Waals surface area contributed by atoms with Crippen molar-refractivity contribution in [1.29, 1.82) is 0 Å². The lowest BCUT2D eigenvalue weighted by molar-refractivity contribution is -0.142. The minimum atomic E-state index is -0.822. The van der Waals surface area contributed by atoms with Gasteiger partial charge in [0.2, 0.25) is 0 Å². The summed E-state index contributed by atoms with van der Waals surface area (Å²) in [6.07, 6.45) is 1.48. The highest BCUT2D eigenvalue weighted by molar-refractivity contribution is 6.33. The summed E-state index contributed by atoms with van der Waals surface area (Å²) in [7, 11) is 1.31. The standard InChI is InChI=1S/C29H33ClN2O3/c1-20(2)16-17-31-19-22-10-14-24(15-11-22)23-12-8-21(9-13-23)18-27(29(34)35-3)32-28(33)25-6-4-5-7-26(25)30/h4-15,20,27,31H,16-19H2,1-3H3,(H,32,33)/t27-/m0/s1. The van der Waals surface area contributed by atoms with E-state index in [0.717, 1.165) is 29.8 Å². The van der Waals surface area contributed by atoms with Gasteiger partial charge in [0, 0.05) is 13.0 Å². The normalized spacial score (nSPS) is 11.8. The maximum Gasteiger partial charge on any atom is 0.328 e. The molecule has 0 aliphatic heterocycles. The Morgan fingerprint density at radius 3 is 2.06 bits per heavy atom. The van der Waals surface area contributed by atoms with E-state index in [-0.39, 0.29) is 0 Å². The molecule has 0 aromatic heterocycles. The van der Waals surface area contributed by atoms with Crippen LogP contribution in [0.25, 0.3) is 11.1 Å². The lowest BCUT2D eigenvalue weighted by Crippen LogP contribution is -2.43. The average molecular weight is 493 g/mol. The Morgan fingerprint density at radius 1 is 0.886 bits per heavy atom. The molecule has 35 heavy (non-hydrogen) atoms. The fourth-order valence-electron chi connectivity index (χ4n) is 3.72. The number of benzene rings is 3. The minimum absolute atomic E-state index is 0.310. The van der Waals surface area contributed by atoms with Gasteiger partial charge in [0.25, 0.3) is 5.91 Å². The number of halogens is 1. The topological polar surface area (TPSA) is 67.4 Å². The van der Waals surface area contributed by atoms with Crippen LogP contribution in [0.3, 0.4) is 0 Å². The van der Waals surface area contributed by atoms with Crippen LogP contribution in [0.5, 0.6) is 0 Å². The van der Waals surface area contributed by atoms with E-state index < -0.39 is 17.9 Å². The van der Waals surface area contributed by atoms with E-state index in [1.807, 2.05) is 24.3 Å². The molecule has 0 fully saturated rings. The molecule has 3 aromatic rings. The molecule has 0 unspecified atom stereocenters. The van der Waals surface area contributed by atoms with Crippen LogP contribution >= 0.6 is 11.6 Å². The minimum Gasteiger partial charge on any atom is -0.467 e. The third kappa shape index (κ3) is 7.94. The molecule has 0 heterocycles. The molecule has 6 heteroatoms. The van der Waals surface area contributed by atoms with Gasteiger partial charge in [-0.1, -0.05) is 86.1 Å². The van der Waals surface area contributed by atoms with Gasteiger partial charge in [-0.2, -0.15) is 0 Å². The Hall–Kier alpha value is -3.15. The van der Waals surface area contributed by atoms with Gasteiger partial charge in [-0.15, -0.1) is 0 Å². The first-order valence-corrected chi connectivity index (χ1v) is 12.3. The van der Waals surface area contributed by atoms with Gasteiger partial charge in [-0.05, 0) is 53.3 Å². The quantitative estimate of drug-likeness (QED) is 0.268. The van der Waals surface area contributed by atoms with E-state index in [9.17, 15) is 9.59 Å². The molecular weight excluding hydrogens is 460 g/mol. The van der Waals surface area contributed by atoms with Gasteiger partial charge in [0.15, 0.2) is 0 Å². The maximum absolute atomic E-state index is 12.7. The van der Waals surface area contributed by atoms with Gasteiger partial charge < -0.3 is 15.4 Å². The van der Waals surface area contributed by atoms with Crippen molar-refractivity contribution in [2.24, 2.45) is 5.92 Å². The van der Waals surface area contributed by atoms with Gasteiger partial charge >= 0.3 is 5.97 Å². The van der Waals surface area contributed by atoms with Crippen molar-refractivity contribution in [3.63, 3.8) is 0 Å². The van der Waals surface area contributed by atoms with E-state index in [0.29, 0.717) is 22.9 Å². The number of methoxy groups -OCH3 is 1. The van der Waals surface area contributed by atoms with Crippen LogP contribution in [0, 0.1) is 5.92 Å². The van der Waals surface area contributed by atoms with Gasteiger partial charge in [-0.25, -0.2) is 4.79 Å². The average Bonchev–Trinajstić information content (AvgIpc) is 2.86. The monoisotopic (exact) mass is 492 g/mol. The summed E-state index contributed by atoms with van der Waals surface area (Å²) in [5.41, 5.74) is 4.69. The van der Waals surface area contributed by atoms with Crippen LogP contribution in [0.2, 0.25) is 5.02 Å². The van der Waals surface area contributed by atoms with Gasteiger partial charge in [0.05, 0.1) is 17.7 Å². The Balaban J connectivity index is 1.62. The molecular formula is C29H33ClN2O3. The van der Waals surface area contributed by atoms with Crippen molar-refractivity contribution in [2.45, 2.75) is 39.3 Å². The zero-order chi connectivity index (χ0) is 25.2. The molecule has 3 rings (SSSR count). The zero-order valence-electron chi connectivity index (χ0n) is 20.5. The van der Waals surface area contributed by atoms with Crippen LogP contribution < -0.4 is 10.6 Å². The number of carbonyl (C=O) groups excluding carboxylic acids is 2. The van der Waals surface area contributed by atoms with E-state index in [1.54, 1.807) is 24.3 Å². The molecule has 2 N–H and O–H groups in total. The van der Waals surface area contributed by atoms with Gasteiger partial charge in [-0.3, -0.25) is 4.79 Å². The van der Waals surface area contributed by atoms with Crippen molar-refractivity contribution in [3.05, 3.63) is 94.5 Å². The Kier molecular flexibility index (Phi) is 9.88. The van der Waals surface area contributed by atoms with Crippen LogP contribution in [-0.4, -0.2) is 31.6 Å². The van der Waals surface area contributed by atoms with E-state index in [4.69, 9.17) is 16.3 Å². The fourth-order valence-corrected chi connectivity index (χ4v) is 3.95. The lowest BCUT2D eigenvalue weighted by Gasteiger charge is -2.17. The zero-order valence-corrected chi connectivity index (χ0v) is 21.3. The Bertz CT molecular complexity index is 1110. The molecule has 0 spiro atoms. The second-order valence-electron chi connectivity index (χ2n) is 8.99. The predicted octanol–water partition coefficient (Wildman–Crippen LogP) is 5.66. The molecule has 3 aromatic carbocycles. The van der Waals surface area contributed by atoms with Crippen molar-refractivity contribution < 1.29 is 14.3 Å². The van der Waals surface area contributed by atoms with Crippen LogP contribution in [0.4, 0.5) is 0 Å². The number of esters is 1. The smallest absolute Gasteiger partial charge is 0.328 e. The van der Waals surface area contributed by atoms with Crippen LogP contribution in [-0.2, 0) is 22.5 Å². The number of nitrogens with one attached hydrogen (secondary N) is 2. The van der Waals surface area contributed by atoms with Crippen molar-refractivity contribution in [2.75, 3.05) is 13.7 Å². The summed E-state index contributed by atoms with van der Waals surface area (Å²) >= 11 is 6.12. The Labute approximate surface area is 212 Å². The predicted molar refractivity (Wildman–Crippen MR) is 141 cm³/mol. The van der Waals surface area contributed by atoms with E-state index in [2.05, 4.69) is 48.7 Å². The molecule has 0 aliphatic rings. The highest BCUT2D eigenvalue weighted by Crippen LogP contribution is 2.21. The van der Waals surface area contributed by atoms with Crippen LogP contribution in [0.15, 0.2) is 72.8 Å². The molecule has 5 nitrogen and oxygen atoms in total. The van der Waals surface area contributed by atoms with Crippen molar-refractivity contribution >= 4 is 23.5 Å². The first-order valence-electron chi connectivity index (χ1n) is 11.9. The third-order valence-corrected chi connectivity index (χ3v) is 6.15. The number of carbonyl (C=O) groups is 2. The largest absolute Gasteiger partial charge is 0.467 e. The SMILES string of the molecule is COC(=O)[C@H](Cc1ccc(-c2ccc(CNCCC(C)C)cc2)cc1)NC(=O)c1ccccc1Cl. The maximum atomic E-state index is 12.7. The highest BCUT2D eigenvalue weighted by atomic mass is 35.5. The highest BCUT2D eigenvalue weighted by Gasteiger charge is 2.23. The molecule has 184 valence electrons. The lowest BCUT2D eigenvalue weighted by atomic mass is 9.99. The second kappa shape index (κ2) is 13.1. The van der Waals surface area contributed by atoms with Gasteiger partial charge in [0.1, 0.15) is 6.04 Å². The molecule has 0 saturated heterocycles. The molecule has 1 atom stereocenters. The molecule has 0 bridgehead atoms. The second-order valence-corrected chi connectivity index (χ2v) is 9.39. The summed E-state index contributed by atoms with van der Waals surface area (Å²) in [5.74, 6) is -0.220. The van der Waals surface area contributed by atoms with Crippen molar-refractivity contribution in [3.8, 4) is 11.1 Å². The third-order valence-electron chi connectivity index (χ3n) is 5.82. The molecule has 0 saturated carbocycles. The summed E-state index contributed by atoms with van der Waals surface area (Å²) in [6.45, 7) is 6.34. The summed E-state index contributed by atoms with van der Waals surface area (Å²) < 4.78 is 4.91. The number of hydrogen-bond donors (Lipinski definition) is 2. The summed E-state index contributed by atoms with van der Waals surface area (Å²) in [5, 5.41) is 6.56. The summed E-state index contributed by atoms with van der Waals surface area (Å²) in [4.78, 5) is 25.0. The van der Waals surface area contributed by atoms with Crippen LogP contribution in [0.1, 0.15) is 41.8 Å². The number of hydrogen-bond acceptors (Lipinski definition) is 4. The first-order chi connectivity index (χ1) is 16.9. The molecule has 0 aliphatic carbocycles. The first kappa shape index (κ1) is 26.5. The number of amides is 1. The molecule has 0 radical (unpaired) electrons. The van der Waals surface area contributed by atoms with Crippen molar-refractivity contribution in [1.82, 2.24) is 10.6 Å². The number of rotatable bonds is 11. The summed E-state index contributed by atoms with van der Waals surface area (Å²) in [6, 6.07) is 22.4. The number of ether oxygens (including phenoxy) is 1.